The molecule has 0 fully saturated rings. The van der Waals surface area contributed by atoms with Crippen LogP contribution in [0.4, 0.5) is 0 Å². The van der Waals surface area contributed by atoms with Gasteiger partial charge in [-0.2, -0.15) is 0 Å². The average Bonchev–Trinajstić information content (AvgIpc) is 2.60. The summed E-state index contributed by atoms with van der Waals surface area (Å²) in [6, 6.07) is 0. The molecule has 0 heterocycles. The SMILES string of the molecule is C.CCOCCOCCOCCOCO.OCCOCCOCCO. The zero-order valence-electron chi connectivity index (χ0n) is 14.7. The van der Waals surface area contributed by atoms with Crippen molar-refractivity contribution in [2.24, 2.45) is 0 Å². The van der Waals surface area contributed by atoms with Gasteiger partial charge in [0, 0.05) is 6.61 Å². The number of rotatable bonds is 18. The monoisotopic (exact) mass is 374 g/mol. The lowest BCUT2D eigenvalue weighted by Crippen LogP contribution is -2.11. The van der Waals surface area contributed by atoms with Crippen LogP contribution in [0.3, 0.4) is 0 Å². The van der Waals surface area contributed by atoms with Crippen molar-refractivity contribution in [1.29, 1.82) is 0 Å². The summed E-state index contributed by atoms with van der Waals surface area (Å²) in [7, 11) is 0. The highest BCUT2D eigenvalue weighted by Gasteiger charge is 1.90. The van der Waals surface area contributed by atoms with Crippen molar-refractivity contribution in [3.05, 3.63) is 0 Å². The van der Waals surface area contributed by atoms with E-state index < -0.39 is 0 Å². The van der Waals surface area contributed by atoms with Crippen LogP contribution in [-0.2, 0) is 28.4 Å². The Labute approximate surface area is 151 Å². The van der Waals surface area contributed by atoms with Crippen LogP contribution in [0, 0.1) is 0 Å². The van der Waals surface area contributed by atoms with Crippen LogP contribution in [0.5, 0.6) is 0 Å². The molecule has 0 aliphatic rings. The van der Waals surface area contributed by atoms with E-state index in [1.165, 1.54) is 0 Å². The van der Waals surface area contributed by atoms with Crippen LogP contribution >= 0.6 is 0 Å². The van der Waals surface area contributed by atoms with Crippen molar-refractivity contribution >= 4 is 0 Å². The molecule has 9 nitrogen and oxygen atoms in total. The van der Waals surface area contributed by atoms with E-state index in [1.807, 2.05) is 6.92 Å². The van der Waals surface area contributed by atoms with E-state index in [1.54, 1.807) is 0 Å². The van der Waals surface area contributed by atoms with Crippen LogP contribution in [0.1, 0.15) is 14.4 Å². The third-order valence-electron chi connectivity index (χ3n) is 2.25. The minimum absolute atomic E-state index is 0. The standard InChI is InChI=1S/C9H20O5.C6H14O4.CH4/c1-2-11-3-4-12-5-6-13-7-8-14-9-10;7-1-3-9-5-6-10-4-2-8;/h10H,2-9H2,1H3;7-8H,1-6H2;1H4. The number of ether oxygens (including phenoxy) is 6. The van der Waals surface area contributed by atoms with E-state index in [0.29, 0.717) is 66.1 Å². The number of aliphatic hydroxyl groups excluding tert-OH is 3. The molecular weight excluding hydrogens is 336 g/mol. The van der Waals surface area contributed by atoms with Gasteiger partial charge < -0.3 is 43.7 Å². The number of hydrogen-bond acceptors (Lipinski definition) is 9. The summed E-state index contributed by atoms with van der Waals surface area (Å²) in [5.74, 6) is 0. The first-order valence-corrected chi connectivity index (χ1v) is 8.12. The average molecular weight is 374 g/mol. The van der Waals surface area contributed by atoms with Gasteiger partial charge in [0.2, 0.25) is 0 Å². The smallest absolute Gasteiger partial charge is 0.143 e. The molecule has 0 atom stereocenters. The zero-order valence-corrected chi connectivity index (χ0v) is 14.7. The Hall–Kier alpha value is -0.360. The van der Waals surface area contributed by atoms with E-state index in [-0.39, 0.29) is 27.4 Å². The Morgan fingerprint density at radius 2 is 0.800 bits per heavy atom. The quantitative estimate of drug-likeness (QED) is 0.219. The fourth-order valence-electron chi connectivity index (χ4n) is 1.22. The maximum atomic E-state index is 8.27. The summed E-state index contributed by atoms with van der Waals surface area (Å²) >= 11 is 0. The summed E-state index contributed by atoms with van der Waals surface area (Å²) in [5, 5.41) is 24.8. The minimum Gasteiger partial charge on any atom is -0.394 e. The first kappa shape index (κ1) is 29.4. The van der Waals surface area contributed by atoms with E-state index >= 15 is 0 Å². The lowest BCUT2D eigenvalue weighted by molar-refractivity contribution is -0.0393. The Morgan fingerprint density at radius 1 is 0.480 bits per heavy atom. The van der Waals surface area contributed by atoms with Crippen molar-refractivity contribution in [3.63, 3.8) is 0 Å². The molecule has 0 amide bonds. The lowest BCUT2D eigenvalue weighted by atomic mass is 10.7. The lowest BCUT2D eigenvalue weighted by Gasteiger charge is -2.05. The fourth-order valence-corrected chi connectivity index (χ4v) is 1.22. The molecule has 0 aromatic rings. The second kappa shape index (κ2) is 31.4. The molecule has 0 aliphatic carbocycles. The molecule has 0 spiro atoms. The predicted molar refractivity (Wildman–Crippen MR) is 93.7 cm³/mol. The second-order valence-electron chi connectivity index (χ2n) is 4.13. The summed E-state index contributed by atoms with van der Waals surface area (Å²) in [5.41, 5.74) is 0. The highest BCUT2D eigenvalue weighted by Crippen LogP contribution is 1.81. The van der Waals surface area contributed by atoms with Gasteiger partial charge in [0.15, 0.2) is 0 Å². The summed E-state index contributed by atoms with van der Waals surface area (Å²) < 4.78 is 29.8. The van der Waals surface area contributed by atoms with E-state index in [9.17, 15) is 0 Å². The normalized spacial score (nSPS) is 10.1. The Kier molecular flexibility index (Phi) is 36.9. The maximum absolute atomic E-state index is 8.27. The fraction of sp³-hybridized carbons (Fsp3) is 1.00. The van der Waals surface area contributed by atoms with Gasteiger partial charge in [-0.05, 0) is 6.92 Å². The van der Waals surface area contributed by atoms with Crippen molar-refractivity contribution in [2.45, 2.75) is 14.4 Å². The van der Waals surface area contributed by atoms with Crippen molar-refractivity contribution < 1.29 is 43.7 Å². The molecule has 0 saturated carbocycles. The van der Waals surface area contributed by atoms with Crippen LogP contribution < -0.4 is 0 Å². The molecule has 9 heteroatoms. The van der Waals surface area contributed by atoms with Gasteiger partial charge in [0.25, 0.3) is 0 Å². The third-order valence-corrected chi connectivity index (χ3v) is 2.25. The first-order chi connectivity index (χ1) is 11.8. The van der Waals surface area contributed by atoms with Gasteiger partial charge in [0.05, 0.1) is 79.3 Å². The van der Waals surface area contributed by atoms with Crippen LogP contribution in [0.2, 0.25) is 0 Å². The van der Waals surface area contributed by atoms with Gasteiger partial charge >= 0.3 is 0 Å². The molecule has 25 heavy (non-hydrogen) atoms. The Morgan fingerprint density at radius 3 is 1.12 bits per heavy atom. The largest absolute Gasteiger partial charge is 0.394 e. The third kappa shape index (κ3) is 35.6. The Bertz CT molecular complexity index is 176. The van der Waals surface area contributed by atoms with Crippen LogP contribution in [0.15, 0.2) is 0 Å². The van der Waals surface area contributed by atoms with Crippen molar-refractivity contribution in [1.82, 2.24) is 0 Å². The molecule has 0 bridgehead atoms. The highest BCUT2D eigenvalue weighted by atomic mass is 16.6. The molecular formula is C16H38O9. The molecule has 0 aromatic heterocycles. The van der Waals surface area contributed by atoms with Crippen molar-refractivity contribution in [3.8, 4) is 0 Å². The molecule has 0 aliphatic heterocycles. The second-order valence-corrected chi connectivity index (χ2v) is 4.13. The number of hydrogen-bond donors (Lipinski definition) is 3. The van der Waals surface area contributed by atoms with Gasteiger partial charge in [0.1, 0.15) is 6.79 Å². The molecule has 156 valence electrons. The molecule has 3 N–H and O–H groups in total. The number of aliphatic hydroxyl groups is 3. The Balaban J connectivity index is -0.000000392. The maximum Gasteiger partial charge on any atom is 0.143 e. The highest BCUT2D eigenvalue weighted by molar-refractivity contribution is 4.33. The predicted octanol–water partition coefficient (Wildman–Crippen LogP) is -0.337. The first-order valence-electron chi connectivity index (χ1n) is 8.12. The van der Waals surface area contributed by atoms with Gasteiger partial charge in [-0.1, -0.05) is 7.43 Å². The molecule has 0 rings (SSSR count). The molecule has 0 radical (unpaired) electrons. The molecule has 0 unspecified atom stereocenters. The summed E-state index contributed by atoms with van der Waals surface area (Å²) in [4.78, 5) is 0. The summed E-state index contributed by atoms with van der Waals surface area (Å²) in [6.45, 7) is 7.37. The van der Waals surface area contributed by atoms with Crippen molar-refractivity contribution in [2.75, 3.05) is 92.7 Å². The van der Waals surface area contributed by atoms with Gasteiger partial charge in [-0.15, -0.1) is 0 Å². The van der Waals surface area contributed by atoms with E-state index in [4.69, 9.17) is 39.0 Å². The van der Waals surface area contributed by atoms with Gasteiger partial charge in [-0.3, -0.25) is 0 Å². The van der Waals surface area contributed by atoms with E-state index in [0.717, 1.165) is 6.61 Å². The molecule has 0 saturated heterocycles. The van der Waals surface area contributed by atoms with Crippen LogP contribution in [0.25, 0.3) is 0 Å². The van der Waals surface area contributed by atoms with Crippen LogP contribution in [-0.4, -0.2) is 108 Å². The van der Waals surface area contributed by atoms with E-state index in [2.05, 4.69) is 4.74 Å². The van der Waals surface area contributed by atoms with Gasteiger partial charge in [-0.25, -0.2) is 0 Å². The summed E-state index contributed by atoms with van der Waals surface area (Å²) in [6.07, 6.45) is 0. The molecule has 0 aromatic carbocycles. The topological polar surface area (TPSA) is 116 Å². The zero-order chi connectivity index (χ0) is 18.1. The minimum atomic E-state index is -0.256.